The Morgan fingerprint density at radius 3 is 2.29 bits per heavy atom. The van der Waals surface area contributed by atoms with Gasteiger partial charge in [-0.3, -0.25) is 4.79 Å². The Morgan fingerprint density at radius 1 is 1.03 bits per heavy atom. The van der Waals surface area contributed by atoms with Gasteiger partial charge in [0.25, 0.3) is 5.91 Å². The van der Waals surface area contributed by atoms with Crippen molar-refractivity contribution >= 4 is 47.3 Å². The van der Waals surface area contributed by atoms with Gasteiger partial charge in [0, 0.05) is 31.5 Å². The van der Waals surface area contributed by atoms with Crippen molar-refractivity contribution in [1.82, 2.24) is 8.87 Å². The zero-order chi connectivity index (χ0) is 24.5. The molecule has 12 heteroatoms. The molecule has 0 saturated carbocycles. The molecule has 4 rings (SSSR count). The lowest BCUT2D eigenvalue weighted by atomic mass is 10.2. The van der Waals surface area contributed by atoms with E-state index in [0.29, 0.717) is 37.6 Å². The van der Waals surface area contributed by atoms with Gasteiger partial charge in [0.15, 0.2) is 14.6 Å². The minimum absolute atomic E-state index is 0.113. The highest BCUT2D eigenvalue weighted by Crippen LogP contribution is 2.23. The van der Waals surface area contributed by atoms with Crippen LogP contribution in [0.1, 0.15) is 23.7 Å². The normalized spacial score (nSPS) is 16.2. The molecule has 0 N–H and O–H groups in total. The molecule has 1 aromatic heterocycles. The Morgan fingerprint density at radius 2 is 1.68 bits per heavy atom. The summed E-state index contributed by atoms with van der Waals surface area (Å²) in [7, 11) is -7.01. The standard InChI is InChI=1S/C22H25N3O6S3/c1-3-10-25-19-9-8-18(33(2,27)28)15-20(19)32-22(25)23-21(26)16-4-6-17(7-5-16)34(29,30)24-11-13-31-14-12-24/h4-9,15H,3,10-14H2,1-2H3. The van der Waals surface area contributed by atoms with Crippen LogP contribution in [0.4, 0.5) is 0 Å². The lowest BCUT2D eigenvalue weighted by molar-refractivity contribution is 0.0730. The number of aryl methyl sites for hydroxylation is 1. The number of thiazole rings is 1. The number of rotatable bonds is 6. The first-order chi connectivity index (χ1) is 16.1. The van der Waals surface area contributed by atoms with E-state index in [2.05, 4.69) is 4.99 Å². The smallest absolute Gasteiger partial charge is 0.279 e. The molecule has 9 nitrogen and oxygen atoms in total. The van der Waals surface area contributed by atoms with Crippen molar-refractivity contribution in [2.45, 2.75) is 29.7 Å². The lowest BCUT2D eigenvalue weighted by Gasteiger charge is -2.26. The number of morpholine rings is 1. The van der Waals surface area contributed by atoms with E-state index >= 15 is 0 Å². The first-order valence-electron chi connectivity index (χ1n) is 10.7. The summed E-state index contributed by atoms with van der Waals surface area (Å²) in [4.78, 5) is 17.9. The predicted molar refractivity (Wildman–Crippen MR) is 129 cm³/mol. The molecule has 1 fully saturated rings. The molecule has 0 atom stereocenters. The third kappa shape index (κ3) is 5.01. The zero-order valence-corrected chi connectivity index (χ0v) is 21.2. The van der Waals surface area contributed by atoms with E-state index in [1.807, 2.05) is 11.5 Å². The van der Waals surface area contributed by atoms with Crippen LogP contribution in [0.5, 0.6) is 0 Å². The third-order valence-corrected chi connectivity index (χ3v) is 9.50. The van der Waals surface area contributed by atoms with E-state index in [9.17, 15) is 21.6 Å². The van der Waals surface area contributed by atoms with Gasteiger partial charge in [-0.2, -0.15) is 9.30 Å². The van der Waals surface area contributed by atoms with Gasteiger partial charge in [-0.25, -0.2) is 16.8 Å². The quantitative estimate of drug-likeness (QED) is 0.490. The Kier molecular flexibility index (Phi) is 7.06. The van der Waals surface area contributed by atoms with E-state index in [1.54, 1.807) is 18.2 Å². The summed E-state index contributed by atoms with van der Waals surface area (Å²) in [6, 6.07) is 10.6. The van der Waals surface area contributed by atoms with Gasteiger partial charge in [0.05, 0.1) is 33.2 Å². The van der Waals surface area contributed by atoms with Crippen molar-refractivity contribution in [2.75, 3.05) is 32.6 Å². The number of fused-ring (bicyclic) bond motifs is 1. The van der Waals surface area contributed by atoms with Crippen molar-refractivity contribution in [3.8, 4) is 0 Å². The molecule has 34 heavy (non-hydrogen) atoms. The van der Waals surface area contributed by atoms with E-state index < -0.39 is 25.8 Å². The first-order valence-corrected chi connectivity index (χ1v) is 14.9. The average Bonchev–Trinajstić information content (AvgIpc) is 3.15. The van der Waals surface area contributed by atoms with Crippen LogP contribution in [0.25, 0.3) is 10.2 Å². The average molecular weight is 524 g/mol. The van der Waals surface area contributed by atoms with E-state index in [4.69, 9.17) is 4.74 Å². The molecular weight excluding hydrogens is 498 g/mol. The van der Waals surface area contributed by atoms with Gasteiger partial charge in [0.1, 0.15) is 0 Å². The number of ether oxygens (including phenoxy) is 1. The fourth-order valence-electron chi connectivity index (χ4n) is 3.67. The number of benzene rings is 2. The Bertz CT molecular complexity index is 1500. The molecule has 0 spiro atoms. The maximum atomic E-state index is 12.9. The summed E-state index contributed by atoms with van der Waals surface area (Å²) in [6.45, 7) is 3.91. The number of sulfonamides is 1. The van der Waals surface area contributed by atoms with Crippen LogP contribution in [0.3, 0.4) is 0 Å². The number of nitrogens with zero attached hydrogens (tertiary/aromatic N) is 3. The number of sulfone groups is 1. The van der Waals surface area contributed by atoms with Gasteiger partial charge in [-0.15, -0.1) is 0 Å². The number of hydrogen-bond acceptors (Lipinski definition) is 7. The van der Waals surface area contributed by atoms with Crippen LogP contribution in [0.15, 0.2) is 57.2 Å². The van der Waals surface area contributed by atoms with Crippen molar-refractivity contribution in [1.29, 1.82) is 0 Å². The monoisotopic (exact) mass is 523 g/mol. The van der Waals surface area contributed by atoms with Crippen LogP contribution in [-0.2, 0) is 31.1 Å². The molecule has 0 unspecified atom stereocenters. The molecule has 1 aliphatic rings. The highest BCUT2D eigenvalue weighted by atomic mass is 32.2. The topological polar surface area (TPSA) is 115 Å². The maximum absolute atomic E-state index is 12.9. The maximum Gasteiger partial charge on any atom is 0.279 e. The number of hydrogen-bond donors (Lipinski definition) is 0. The summed E-state index contributed by atoms with van der Waals surface area (Å²) < 4.78 is 58.6. The SMILES string of the molecule is CCCn1c(=NC(=O)c2ccc(S(=O)(=O)N3CCOCC3)cc2)sc2cc(S(C)(=O)=O)ccc21. The summed E-state index contributed by atoms with van der Waals surface area (Å²) in [6.07, 6.45) is 1.95. The lowest BCUT2D eigenvalue weighted by Crippen LogP contribution is -2.40. The fraction of sp³-hybridized carbons (Fsp3) is 0.364. The molecule has 0 radical (unpaired) electrons. The van der Waals surface area contributed by atoms with Crippen LogP contribution >= 0.6 is 11.3 Å². The molecule has 1 saturated heterocycles. The van der Waals surface area contributed by atoms with Crippen molar-refractivity contribution in [2.24, 2.45) is 4.99 Å². The minimum Gasteiger partial charge on any atom is -0.379 e. The molecule has 2 aromatic carbocycles. The van der Waals surface area contributed by atoms with Crippen LogP contribution in [0, 0.1) is 0 Å². The Balaban J connectivity index is 1.68. The summed E-state index contributed by atoms with van der Waals surface area (Å²) in [5, 5.41) is 0. The number of carbonyl (C=O) groups is 1. The van der Waals surface area contributed by atoms with Gasteiger partial charge in [-0.05, 0) is 48.9 Å². The van der Waals surface area contributed by atoms with Crippen LogP contribution in [0.2, 0.25) is 0 Å². The summed E-state index contributed by atoms with van der Waals surface area (Å²) in [5.41, 5.74) is 1.07. The molecule has 182 valence electrons. The molecule has 1 aliphatic heterocycles. The summed E-state index contributed by atoms with van der Waals surface area (Å²) in [5.74, 6) is -0.505. The second-order valence-corrected chi connectivity index (χ2v) is 12.9. The van der Waals surface area contributed by atoms with Crippen LogP contribution < -0.4 is 4.80 Å². The molecule has 0 bridgehead atoms. The largest absolute Gasteiger partial charge is 0.379 e. The van der Waals surface area contributed by atoms with Crippen molar-refractivity contribution < 1.29 is 26.4 Å². The molecule has 0 aliphatic carbocycles. The number of carbonyl (C=O) groups excluding carboxylic acids is 1. The zero-order valence-electron chi connectivity index (χ0n) is 18.8. The fourth-order valence-corrected chi connectivity index (χ4v) is 6.89. The number of aromatic nitrogens is 1. The molecule has 3 aromatic rings. The van der Waals surface area contributed by atoms with E-state index in [0.717, 1.165) is 22.9 Å². The van der Waals surface area contributed by atoms with Gasteiger partial charge < -0.3 is 9.30 Å². The van der Waals surface area contributed by atoms with Gasteiger partial charge in [-0.1, -0.05) is 18.3 Å². The Hall–Kier alpha value is -2.38. The second-order valence-electron chi connectivity index (χ2n) is 7.90. The predicted octanol–water partition coefficient (Wildman–Crippen LogP) is 2.28. The van der Waals surface area contributed by atoms with E-state index in [1.165, 1.54) is 39.9 Å². The van der Waals surface area contributed by atoms with Crippen molar-refractivity contribution in [3.63, 3.8) is 0 Å². The molecular formula is C22H25N3O6S3. The Labute approximate surface area is 202 Å². The third-order valence-electron chi connectivity index (χ3n) is 5.44. The highest BCUT2D eigenvalue weighted by Gasteiger charge is 2.26. The van der Waals surface area contributed by atoms with Gasteiger partial charge in [0.2, 0.25) is 10.0 Å². The van der Waals surface area contributed by atoms with E-state index in [-0.39, 0.29) is 15.4 Å². The van der Waals surface area contributed by atoms with Crippen LogP contribution in [-0.4, -0.2) is 64.2 Å². The minimum atomic E-state index is -3.65. The molecule has 2 heterocycles. The van der Waals surface area contributed by atoms with Gasteiger partial charge >= 0.3 is 0 Å². The molecule has 1 amide bonds. The second kappa shape index (κ2) is 9.70. The first kappa shape index (κ1) is 24.7. The highest BCUT2D eigenvalue weighted by molar-refractivity contribution is 7.90. The number of amides is 1. The summed E-state index contributed by atoms with van der Waals surface area (Å²) >= 11 is 1.24. The van der Waals surface area contributed by atoms with Crippen molar-refractivity contribution in [3.05, 3.63) is 52.8 Å².